The van der Waals surface area contributed by atoms with Gasteiger partial charge in [0.05, 0.1) is 6.61 Å². The number of unbranched alkanes of at least 4 members (excludes halogenated alkanes) is 5. The Bertz CT molecular complexity index is 219. The fraction of sp³-hybridized carbons (Fsp3) is 0.812. The molecule has 0 aliphatic heterocycles. The highest BCUT2D eigenvalue weighted by atomic mass is 16.5. The van der Waals surface area contributed by atoms with Crippen molar-refractivity contribution in [3.63, 3.8) is 0 Å². The summed E-state index contributed by atoms with van der Waals surface area (Å²) in [5.41, 5.74) is 0. The summed E-state index contributed by atoms with van der Waals surface area (Å²) in [7, 11) is 0. The van der Waals surface area contributed by atoms with Crippen molar-refractivity contribution in [2.45, 2.75) is 72.1 Å². The Hall–Kier alpha value is -0.790. The van der Waals surface area contributed by atoms with Crippen LogP contribution in [0.15, 0.2) is 12.2 Å². The van der Waals surface area contributed by atoms with E-state index in [4.69, 9.17) is 4.74 Å². The van der Waals surface area contributed by atoms with Crippen molar-refractivity contribution in [1.82, 2.24) is 0 Å². The quantitative estimate of drug-likeness (QED) is 0.298. The van der Waals surface area contributed by atoms with Crippen LogP contribution in [0.4, 0.5) is 0 Å². The van der Waals surface area contributed by atoms with Crippen LogP contribution in [0.5, 0.6) is 0 Å². The monoisotopic (exact) mass is 254 g/mol. The van der Waals surface area contributed by atoms with Crippen molar-refractivity contribution in [3.05, 3.63) is 12.2 Å². The maximum absolute atomic E-state index is 11.3. The van der Waals surface area contributed by atoms with Crippen LogP contribution in [0.3, 0.4) is 0 Å². The molecule has 0 fully saturated rings. The molecular weight excluding hydrogens is 224 g/mol. The second-order valence-corrected chi connectivity index (χ2v) is 5.26. The van der Waals surface area contributed by atoms with E-state index in [1.165, 1.54) is 25.7 Å². The lowest BCUT2D eigenvalue weighted by Gasteiger charge is -2.06. The first-order chi connectivity index (χ1) is 8.66. The number of carbonyl (C=O) groups excluding carboxylic acids is 1. The lowest BCUT2D eigenvalue weighted by molar-refractivity contribution is -0.144. The van der Waals surface area contributed by atoms with Crippen LogP contribution in [0, 0.1) is 5.92 Å². The fourth-order valence-electron chi connectivity index (χ4n) is 1.68. The van der Waals surface area contributed by atoms with Gasteiger partial charge in [0.25, 0.3) is 0 Å². The van der Waals surface area contributed by atoms with Crippen molar-refractivity contribution in [2.75, 3.05) is 6.61 Å². The van der Waals surface area contributed by atoms with E-state index in [1.54, 1.807) is 0 Å². The van der Waals surface area contributed by atoms with Gasteiger partial charge in [-0.05, 0) is 31.6 Å². The molecule has 0 aromatic heterocycles. The molecule has 0 N–H and O–H groups in total. The Kier molecular flexibility index (Phi) is 12.1. The van der Waals surface area contributed by atoms with Crippen LogP contribution in [0.2, 0.25) is 0 Å². The predicted molar refractivity (Wildman–Crippen MR) is 77.5 cm³/mol. The highest BCUT2D eigenvalue weighted by Crippen LogP contribution is 2.08. The highest BCUT2D eigenvalue weighted by molar-refractivity contribution is 5.69. The standard InChI is InChI=1S/C16H30O2/c1-4-5-6-7-8-9-10-11-12-13-16(17)18-14-15(2)3/h5-6,15H,4,7-14H2,1-3H3/b6-5+. The Labute approximate surface area is 113 Å². The van der Waals surface area contributed by atoms with E-state index in [0.717, 1.165) is 19.3 Å². The SMILES string of the molecule is CC/C=C/CCCCCCCC(=O)OCC(C)C. The molecule has 0 aromatic carbocycles. The van der Waals surface area contributed by atoms with Crippen LogP contribution in [0.1, 0.15) is 72.1 Å². The number of hydrogen-bond donors (Lipinski definition) is 0. The number of ether oxygens (including phenoxy) is 1. The van der Waals surface area contributed by atoms with E-state index in [9.17, 15) is 4.79 Å². The average molecular weight is 254 g/mol. The van der Waals surface area contributed by atoms with E-state index in [-0.39, 0.29) is 5.97 Å². The van der Waals surface area contributed by atoms with Crippen molar-refractivity contribution >= 4 is 5.97 Å². The lowest BCUT2D eigenvalue weighted by Crippen LogP contribution is -2.09. The first-order valence-corrected chi connectivity index (χ1v) is 7.47. The second kappa shape index (κ2) is 12.7. The number of esters is 1. The molecule has 0 saturated carbocycles. The summed E-state index contributed by atoms with van der Waals surface area (Å²) in [5.74, 6) is 0.403. The lowest BCUT2D eigenvalue weighted by atomic mass is 10.1. The van der Waals surface area contributed by atoms with Crippen molar-refractivity contribution < 1.29 is 9.53 Å². The van der Waals surface area contributed by atoms with Gasteiger partial charge in [-0.2, -0.15) is 0 Å². The predicted octanol–water partition coefficient (Wildman–Crippen LogP) is 4.88. The third-order valence-electron chi connectivity index (χ3n) is 2.73. The molecule has 0 rings (SSSR count). The summed E-state index contributed by atoms with van der Waals surface area (Å²) >= 11 is 0. The normalized spacial score (nSPS) is 11.3. The molecule has 0 unspecified atom stereocenters. The summed E-state index contributed by atoms with van der Waals surface area (Å²) in [4.78, 5) is 11.3. The molecule has 0 heterocycles. The minimum absolute atomic E-state index is 0.0328. The van der Waals surface area contributed by atoms with Crippen molar-refractivity contribution in [2.24, 2.45) is 5.92 Å². The molecule has 0 spiro atoms. The van der Waals surface area contributed by atoms with Gasteiger partial charge in [-0.3, -0.25) is 4.79 Å². The molecule has 0 aliphatic carbocycles. The van der Waals surface area contributed by atoms with E-state index in [2.05, 4.69) is 32.9 Å². The molecule has 106 valence electrons. The molecule has 0 bridgehead atoms. The Balaban J connectivity index is 3.20. The number of hydrogen-bond acceptors (Lipinski definition) is 2. The minimum Gasteiger partial charge on any atom is -0.465 e. The maximum Gasteiger partial charge on any atom is 0.305 e. The van der Waals surface area contributed by atoms with Gasteiger partial charge in [0.2, 0.25) is 0 Å². The molecule has 0 atom stereocenters. The molecule has 0 amide bonds. The Morgan fingerprint density at radius 2 is 1.72 bits per heavy atom. The average Bonchev–Trinajstić information content (AvgIpc) is 2.34. The Morgan fingerprint density at radius 3 is 2.39 bits per heavy atom. The van der Waals surface area contributed by atoms with Crippen LogP contribution in [-0.4, -0.2) is 12.6 Å². The number of allylic oxidation sites excluding steroid dienone is 2. The van der Waals surface area contributed by atoms with Gasteiger partial charge >= 0.3 is 5.97 Å². The van der Waals surface area contributed by atoms with Gasteiger partial charge < -0.3 is 4.74 Å². The molecule has 2 heteroatoms. The summed E-state index contributed by atoms with van der Waals surface area (Å²) in [6, 6.07) is 0. The summed E-state index contributed by atoms with van der Waals surface area (Å²) in [6.45, 7) is 6.83. The van der Waals surface area contributed by atoms with E-state index in [1.807, 2.05) is 0 Å². The molecular formula is C16H30O2. The highest BCUT2D eigenvalue weighted by Gasteiger charge is 2.03. The number of carbonyl (C=O) groups is 1. The molecule has 2 nitrogen and oxygen atoms in total. The van der Waals surface area contributed by atoms with Gasteiger partial charge in [0.1, 0.15) is 0 Å². The smallest absolute Gasteiger partial charge is 0.305 e. The summed E-state index contributed by atoms with van der Waals surface area (Å²) < 4.78 is 5.13. The fourth-order valence-corrected chi connectivity index (χ4v) is 1.68. The Morgan fingerprint density at radius 1 is 1.06 bits per heavy atom. The van der Waals surface area contributed by atoms with Gasteiger partial charge in [0, 0.05) is 6.42 Å². The maximum atomic E-state index is 11.3. The van der Waals surface area contributed by atoms with Gasteiger partial charge in [-0.25, -0.2) is 0 Å². The molecule has 0 saturated heterocycles. The zero-order chi connectivity index (χ0) is 13.6. The summed E-state index contributed by atoms with van der Waals surface area (Å²) in [5, 5.41) is 0. The number of rotatable bonds is 11. The first-order valence-electron chi connectivity index (χ1n) is 7.47. The van der Waals surface area contributed by atoms with Crippen LogP contribution >= 0.6 is 0 Å². The topological polar surface area (TPSA) is 26.3 Å². The minimum atomic E-state index is -0.0328. The third kappa shape index (κ3) is 13.3. The van der Waals surface area contributed by atoms with E-state index < -0.39 is 0 Å². The van der Waals surface area contributed by atoms with Gasteiger partial charge in [0.15, 0.2) is 0 Å². The van der Waals surface area contributed by atoms with Gasteiger partial charge in [-0.1, -0.05) is 52.2 Å². The molecule has 18 heavy (non-hydrogen) atoms. The molecule has 0 aromatic rings. The summed E-state index contributed by atoms with van der Waals surface area (Å²) in [6.07, 6.45) is 13.3. The largest absolute Gasteiger partial charge is 0.465 e. The first kappa shape index (κ1) is 17.2. The molecule has 0 radical (unpaired) electrons. The third-order valence-corrected chi connectivity index (χ3v) is 2.73. The van der Waals surface area contributed by atoms with E-state index >= 15 is 0 Å². The van der Waals surface area contributed by atoms with Crippen LogP contribution in [0.25, 0.3) is 0 Å². The van der Waals surface area contributed by atoms with Crippen molar-refractivity contribution in [3.8, 4) is 0 Å². The van der Waals surface area contributed by atoms with Crippen molar-refractivity contribution in [1.29, 1.82) is 0 Å². The zero-order valence-electron chi connectivity index (χ0n) is 12.4. The van der Waals surface area contributed by atoms with Crippen LogP contribution in [-0.2, 0) is 9.53 Å². The second-order valence-electron chi connectivity index (χ2n) is 5.26. The zero-order valence-corrected chi connectivity index (χ0v) is 12.4. The van der Waals surface area contributed by atoms with Gasteiger partial charge in [-0.15, -0.1) is 0 Å². The van der Waals surface area contributed by atoms with Crippen LogP contribution < -0.4 is 0 Å². The van der Waals surface area contributed by atoms with E-state index in [0.29, 0.717) is 18.9 Å². The molecule has 0 aliphatic rings.